The van der Waals surface area contributed by atoms with Crippen molar-refractivity contribution in [3.63, 3.8) is 0 Å². The van der Waals surface area contributed by atoms with Gasteiger partial charge in [-0.25, -0.2) is 4.39 Å². The molecule has 0 aliphatic carbocycles. The average Bonchev–Trinajstić information content (AvgIpc) is 3.03. The zero-order chi connectivity index (χ0) is 17.1. The monoisotopic (exact) mass is 357 g/mol. The molecule has 118 valence electrons. The minimum Gasteiger partial charge on any atom is -0.457 e. The van der Waals surface area contributed by atoms with Crippen molar-refractivity contribution in [1.82, 2.24) is 0 Å². The predicted octanol–water partition coefficient (Wildman–Crippen LogP) is 6.46. The van der Waals surface area contributed by atoms with Gasteiger partial charge >= 0.3 is 0 Å². The lowest BCUT2D eigenvalue weighted by atomic mass is 10.1. The van der Waals surface area contributed by atoms with E-state index in [9.17, 15) is 9.65 Å². The van der Waals surface area contributed by atoms with Crippen LogP contribution in [-0.2, 0) is 0 Å². The minimum absolute atomic E-state index is 0.299. The summed E-state index contributed by atoms with van der Waals surface area (Å²) >= 11 is 12.2. The quantitative estimate of drug-likeness (QED) is 0.504. The summed E-state index contributed by atoms with van der Waals surface area (Å²) in [5, 5.41) is 10.1. The topological polar surface area (TPSA) is 36.9 Å². The molecule has 2 nitrogen and oxygen atoms in total. The first-order chi connectivity index (χ1) is 11.6. The Hall–Kier alpha value is -2.54. The summed E-state index contributed by atoms with van der Waals surface area (Å²) < 4.78 is 19.0. The third-order valence-electron chi connectivity index (χ3n) is 3.39. The van der Waals surface area contributed by atoms with E-state index in [0.29, 0.717) is 38.3 Å². The largest absolute Gasteiger partial charge is 0.457 e. The van der Waals surface area contributed by atoms with Crippen LogP contribution in [-0.4, -0.2) is 0 Å². The molecule has 0 bridgehead atoms. The molecule has 0 saturated carbocycles. The molecule has 1 aromatic heterocycles. The first-order valence-electron chi connectivity index (χ1n) is 7.00. The first-order valence-corrected chi connectivity index (χ1v) is 7.76. The predicted molar refractivity (Wildman–Crippen MR) is 94.0 cm³/mol. The molecular formula is C19H10Cl2FNO. The van der Waals surface area contributed by atoms with Gasteiger partial charge in [0.25, 0.3) is 0 Å². The van der Waals surface area contributed by atoms with Gasteiger partial charge < -0.3 is 4.42 Å². The van der Waals surface area contributed by atoms with Gasteiger partial charge in [0.15, 0.2) is 0 Å². The highest BCUT2D eigenvalue weighted by Gasteiger charge is 2.11. The number of benzene rings is 2. The van der Waals surface area contributed by atoms with E-state index >= 15 is 0 Å². The zero-order valence-corrected chi connectivity index (χ0v) is 13.8. The molecule has 24 heavy (non-hydrogen) atoms. The lowest BCUT2D eigenvalue weighted by Crippen LogP contribution is -1.83. The molecule has 0 aliphatic heterocycles. The highest BCUT2D eigenvalue weighted by molar-refractivity contribution is 6.43. The van der Waals surface area contributed by atoms with Gasteiger partial charge in [-0.05, 0) is 48.0 Å². The van der Waals surface area contributed by atoms with Crippen LogP contribution < -0.4 is 0 Å². The molecule has 0 unspecified atom stereocenters. The molecule has 0 fully saturated rings. The van der Waals surface area contributed by atoms with Crippen LogP contribution in [0.5, 0.6) is 0 Å². The molecule has 0 N–H and O–H groups in total. The van der Waals surface area contributed by atoms with Gasteiger partial charge in [-0.2, -0.15) is 5.26 Å². The van der Waals surface area contributed by atoms with Crippen LogP contribution in [0.4, 0.5) is 4.39 Å². The second-order valence-corrected chi connectivity index (χ2v) is 5.77. The molecule has 0 spiro atoms. The number of furan rings is 1. The van der Waals surface area contributed by atoms with E-state index in [-0.39, 0.29) is 0 Å². The maximum atomic E-state index is 13.3. The maximum absolute atomic E-state index is 13.3. The van der Waals surface area contributed by atoms with Gasteiger partial charge in [0.2, 0.25) is 0 Å². The van der Waals surface area contributed by atoms with Crippen LogP contribution in [0.1, 0.15) is 11.3 Å². The lowest BCUT2D eigenvalue weighted by Gasteiger charge is -2.02. The van der Waals surface area contributed by atoms with E-state index in [0.717, 1.165) is 0 Å². The van der Waals surface area contributed by atoms with Gasteiger partial charge in [-0.1, -0.05) is 41.4 Å². The Kier molecular flexibility index (Phi) is 4.71. The molecule has 0 aliphatic rings. The number of halogens is 3. The van der Waals surface area contributed by atoms with E-state index in [4.69, 9.17) is 27.6 Å². The van der Waals surface area contributed by atoms with Crippen molar-refractivity contribution in [2.45, 2.75) is 0 Å². The Morgan fingerprint density at radius 1 is 1.08 bits per heavy atom. The average molecular weight is 358 g/mol. The zero-order valence-electron chi connectivity index (χ0n) is 12.3. The van der Waals surface area contributed by atoms with Crippen molar-refractivity contribution < 1.29 is 8.81 Å². The second-order valence-electron chi connectivity index (χ2n) is 4.98. The normalized spacial score (nSPS) is 11.3. The number of nitriles is 1. The third-order valence-corrected chi connectivity index (χ3v) is 4.21. The van der Waals surface area contributed by atoms with E-state index in [1.54, 1.807) is 48.5 Å². The Morgan fingerprint density at radius 2 is 1.88 bits per heavy atom. The van der Waals surface area contributed by atoms with Gasteiger partial charge in [-0.15, -0.1) is 0 Å². The van der Waals surface area contributed by atoms with Crippen molar-refractivity contribution in [3.05, 3.63) is 81.8 Å². The molecule has 5 heteroatoms. The first kappa shape index (κ1) is 16.3. The van der Waals surface area contributed by atoms with E-state index in [2.05, 4.69) is 6.07 Å². The van der Waals surface area contributed by atoms with Crippen molar-refractivity contribution in [3.8, 4) is 17.4 Å². The van der Waals surface area contributed by atoms with Crippen molar-refractivity contribution >= 4 is 34.9 Å². The van der Waals surface area contributed by atoms with Crippen LogP contribution in [0.25, 0.3) is 23.0 Å². The molecule has 1 heterocycles. The van der Waals surface area contributed by atoms with Crippen molar-refractivity contribution in [1.29, 1.82) is 5.26 Å². The van der Waals surface area contributed by atoms with Gasteiger partial charge in [0.1, 0.15) is 17.3 Å². The Labute approximate surface area is 148 Å². The summed E-state index contributed by atoms with van der Waals surface area (Å²) in [4.78, 5) is 0. The smallest absolute Gasteiger partial charge is 0.136 e. The molecule has 0 amide bonds. The summed E-state index contributed by atoms with van der Waals surface area (Å²) in [7, 11) is 0. The summed E-state index contributed by atoms with van der Waals surface area (Å²) in [6.45, 7) is 0. The van der Waals surface area contributed by atoms with Crippen molar-refractivity contribution in [2.24, 2.45) is 0 Å². The standard InChI is InChI=1S/C19H10Cl2FNO/c20-17-6-2-5-16(19(17)21)18-8-7-15(24-18)10-13(11-23)12-3-1-4-14(22)9-12/h1-10H. The summed E-state index contributed by atoms with van der Waals surface area (Å²) in [6, 6.07) is 16.6. The van der Waals surface area contributed by atoms with Crippen LogP contribution in [0, 0.1) is 17.1 Å². The molecule has 0 atom stereocenters. The minimum atomic E-state index is -0.403. The maximum Gasteiger partial charge on any atom is 0.136 e. The lowest BCUT2D eigenvalue weighted by molar-refractivity contribution is 0.572. The fraction of sp³-hybridized carbons (Fsp3) is 0. The summed E-state index contributed by atoms with van der Waals surface area (Å²) in [6.07, 6.45) is 1.55. The Balaban J connectivity index is 1.98. The number of nitrogens with zero attached hydrogens (tertiary/aromatic N) is 1. The summed E-state index contributed by atoms with van der Waals surface area (Å²) in [5.74, 6) is 0.589. The van der Waals surface area contributed by atoms with Gasteiger partial charge in [-0.3, -0.25) is 0 Å². The van der Waals surface area contributed by atoms with Crippen LogP contribution in [0.2, 0.25) is 10.0 Å². The van der Waals surface area contributed by atoms with E-state index < -0.39 is 5.82 Å². The highest BCUT2D eigenvalue weighted by Crippen LogP contribution is 2.34. The molecule has 0 radical (unpaired) electrons. The second kappa shape index (κ2) is 6.92. The molecular weight excluding hydrogens is 348 g/mol. The summed E-state index contributed by atoms with van der Waals surface area (Å²) in [5.41, 5.74) is 1.44. The van der Waals surface area contributed by atoms with Crippen LogP contribution in [0.3, 0.4) is 0 Å². The van der Waals surface area contributed by atoms with Gasteiger partial charge in [0.05, 0.1) is 21.7 Å². The van der Waals surface area contributed by atoms with Crippen molar-refractivity contribution in [2.75, 3.05) is 0 Å². The Bertz CT molecular complexity index is 969. The molecule has 3 aromatic rings. The SMILES string of the molecule is N#CC(=Cc1ccc(-c2cccc(Cl)c2Cl)o1)c1cccc(F)c1. The number of hydrogen-bond acceptors (Lipinski definition) is 2. The molecule has 3 rings (SSSR count). The fourth-order valence-corrected chi connectivity index (χ4v) is 2.64. The fourth-order valence-electron chi connectivity index (χ4n) is 2.25. The van der Waals surface area contributed by atoms with Gasteiger partial charge in [0, 0.05) is 5.56 Å². The van der Waals surface area contributed by atoms with Crippen LogP contribution >= 0.6 is 23.2 Å². The highest BCUT2D eigenvalue weighted by atomic mass is 35.5. The number of allylic oxidation sites excluding steroid dienone is 1. The van der Waals surface area contributed by atoms with Crippen LogP contribution in [0.15, 0.2) is 59.0 Å². The third kappa shape index (κ3) is 3.35. The molecule has 0 saturated heterocycles. The number of hydrogen-bond donors (Lipinski definition) is 0. The molecule has 2 aromatic carbocycles. The van der Waals surface area contributed by atoms with E-state index in [1.165, 1.54) is 12.1 Å². The van der Waals surface area contributed by atoms with E-state index in [1.807, 2.05) is 0 Å². The number of rotatable bonds is 3. The Morgan fingerprint density at radius 3 is 2.62 bits per heavy atom.